The van der Waals surface area contributed by atoms with E-state index in [1.54, 1.807) is 0 Å². The lowest BCUT2D eigenvalue weighted by Gasteiger charge is -2.12. The Kier molecular flexibility index (Phi) is 4.96. The Balaban J connectivity index is 2.23. The first kappa shape index (κ1) is 12.7. The molecule has 1 unspecified atom stereocenters. The largest absolute Gasteiger partial charge is 0.355 e. The molecule has 0 spiro atoms. The molecular weight excluding hydrogens is 202 g/mol. The molecule has 1 atom stereocenters. The van der Waals surface area contributed by atoms with Crippen LogP contribution in [-0.2, 0) is 9.59 Å². The van der Waals surface area contributed by atoms with Crippen molar-refractivity contribution in [2.75, 3.05) is 6.54 Å². The first-order valence-electron chi connectivity index (χ1n) is 5.71. The minimum absolute atomic E-state index is 0.00864. The predicted octanol–water partition coefficient (Wildman–Crippen LogP) is 1.99. The third kappa shape index (κ3) is 4.91. The van der Waals surface area contributed by atoms with Crippen molar-refractivity contribution in [1.82, 2.24) is 5.32 Å². The first-order chi connectivity index (χ1) is 7.58. The van der Waals surface area contributed by atoms with E-state index in [2.05, 4.69) is 30.5 Å². The highest BCUT2D eigenvalue weighted by Gasteiger charge is 2.06. The van der Waals surface area contributed by atoms with Gasteiger partial charge in [-0.2, -0.15) is 0 Å². The zero-order valence-electron chi connectivity index (χ0n) is 9.95. The highest BCUT2D eigenvalue weighted by molar-refractivity contribution is 5.96. The molecule has 3 nitrogen and oxygen atoms in total. The summed E-state index contributed by atoms with van der Waals surface area (Å²) in [6.07, 6.45) is 8.43. The van der Waals surface area contributed by atoms with Crippen molar-refractivity contribution in [2.24, 2.45) is 5.92 Å². The summed E-state index contributed by atoms with van der Waals surface area (Å²) in [5, 5.41) is 2.74. The molecule has 16 heavy (non-hydrogen) atoms. The third-order valence-corrected chi connectivity index (χ3v) is 2.48. The molecule has 0 fully saturated rings. The van der Waals surface area contributed by atoms with Gasteiger partial charge in [-0.05, 0) is 25.7 Å². The van der Waals surface area contributed by atoms with Gasteiger partial charge in [0.25, 0.3) is 0 Å². The Hall–Kier alpha value is -1.38. The molecule has 0 bridgehead atoms. The minimum atomic E-state index is -0.180. The molecule has 0 heterocycles. The van der Waals surface area contributed by atoms with Gasteiger partial charge in [0.15, 0.2) is 0 Å². The van der Waals surface area contributed by atoms with Crippen molar-refractivity contribution in [3.05, 3.63) is 23.8 Å². The average Bonchev–Trinajstić information content (AvgIpc) is 2.16. The normalized spacial score (nSPS) is 19.1. The second-order valence-corrected chi connectivity index (χ2v) is 4.34. The number of nitrogens with one attached hydrogen (secondary N) is 1. The van der Waals surface area contributed by atoms with Crippen LogP contribution in [0.1, 0.15) is 33.1 Å². The lowest BCUT2D eigenvalue weighted by molar-refractivity contribution is -0.127. The molecule has 3 heteroatoms. The van der Waals surface area contributed by atoms with E-state index in [4.69, 9.17) is 0 Å². The predicted molar refractivity (Wildman–Crippen MR) is 63.9 cm³/mol. The van der Waals surface area contributed by atoms with Crippen LogP contribution >= 0.6 is 0 Å². The molecule has 0 saturated heterocycles. The standard InChI is InChI=1S/C13H19NO2/c1-10-4-3-5-12(8-10)6-7-14-13(16)9-11(2)15/h3,5,8,10H,4,6-7,9H2,1-2H3,(H,14,16). The van der Waals surface area contributed by atoms with E-state index < -0.39 is 0 Å². The first-order valence-corrected chi connectivity index (χ1v) is 5.71. The average molecular weight is 221 g/mol. The maximum absolute atomic E-state index is 11.2. The number of allylic oxidation sites excluding steroid dienone is 3. The van der Waals surface area contributed by atoms with Crippen LogP contribution in [0.3, 0.4) is 0 Å². The van der Waals surface area contributed by atoms with E-state index >= 15 is 0 Å². The summed E-state index contributed by atoms with van der Waals surface area (Å²) in [4.78, 5) is 21.9. The number of Topliss-reactive ketones (excluding diaryl/α,β-unsaturated/α-hetero) is 1. The van der Waals surface area contributed by atoms with Crippen molar-refractivity contribution in [3.8, 4) is 0 Å². The summed E-state index contributed by atoms with van der Waals surface area (Å²) in [7, 11) is 0. The monoisotopic (exact) mass is 221 g/mol. The fraction of sp³-hybridized carbons (Fsp3) is 0.538. The number of hydrogen-bond donors (Lipinski definition) is 1. The van der Waals surface area contributed by atoms with Crippen molar-refractivity contribution >= 4 is 11.7 Å². The van der Waals surface area contributed by atoms with Crippen LogP contribution < -0.4 is 5.32 Å². The number of hydrogen-bond acceptors (Lipinski definition) is 2. The molecule has 0 aromatic carbocycles. The van der Waals surface area contributed by atoms with Gasteiger partial charge in [-0.15, -0.1) is 0 Å². The summed E-state index contributed by atoms with van der Waals surface area (Å²) < 4.78 is 0. The van der Waals surface area contributed by atoms with Crippen LogP contribution in [-0.4, -0.2) is 18.2 Å². The molecule has 1 N–H and O–H groups in total. The number of rotatable bonds is 5. The Labute approximate surface area is 96.6 Å². The fourth-order valence-corrected chi connectivity index (χ4v) is 1.72. The lowest BCUT2D eigenvalue weighted by Crippen LogP contribution is -2.26. The maximum atomic E-state index is 11.2. The molecule has 1 amide bonds. The van der Waals surface area contributed by atoms with Gasteiger partial charge in [0.05, 0.1) is 6.42 Å². The van der Waals surface area contributed by atoms with Gasteiger partial charge >= 0.3 is 0 Å². The lowest BCUT2D eigenvalue weighted by atomic mass is 9.96. The summed E-state index contributed by atoms with van der Waals surface area (Å²) in [6.45, 7) is 4.21. The van der Waals surface area contributed by atoms with Gasteiger partial charge in [0.2, 0.25) is 5.91 Å². The van der Waals surface area contributed by atoms with Crippen LogP contribution in [0.25, 0.3) is 0 Å². The second-order valence-electron chi connectivity index (χ2n) is 4.34. The maximum Gasteiger partial charge on any atom is 0.227 e. The van der Waals surface area contributed by atoms with Crippen LogP contribution in [0.15, 0.2) is 23.8 Å². The second kappa shape index (κ2) is 6.26. The fourth-order valence-electron chi connectivity index (χ4n) is 1.72. The molecular formula is C13H19NO2. The van der Waals surface area contributed by atoms with E-state index in [1.807, 2.05) is 0 Å². The Morgan fingerprint density at radius 3 is 2.88 bits per heavy atom. The van der Waals surface area contributed by atoms with Crippen molar-refractivity contribution in [3.63, 3.8) is 0 Å². The van der Waals surface area contributed by atoms with Gasteiger partial charge in [-0.1, -0.05) is 30.7 Å². The highest BCUT2D eigenvalue weighted by atomic mass is 16.2. The van der Waals surface area contributed by atoms with Gasteiger partial charge in [-0.3, -0.25) is 9.59 Å². The zero-order chi connectivity index (χ0) is 12.0. The summed E-state index contributed by atoms with van der Waals surface area (Å²) >= 11 is 0. The topological polar surface area (TPSA) is 46.2 Å². The van der Waals surface area contributed by atoms with E-state index in [0.717, 1.165) is 12.8 Å². The number of carbonyl (C=O) groups is 2. The molecule has 1 aliphatic carbocycles. The van der Waals surface area contributed by atoms with Gasteiger partial charge in [0, 0.05) is 6.54 Å². The highest BCUT2D eigenvalue weighted by Crippen LogP contribution is 2.17. The molecule has 88 valence electrons. The Morgan fingerprint density at radius 1 is 1.50 bits per heavy atom. The van der Waals surface area contributed by atoms with E-state index in [9.17, 15) is 9.59 Å². The van der Waals surface area contributed by atoms with Gasteiger partial charge in [0.1, 0.15) is 5.78 Å². The molecule has 1 aliphatic rings. The number of amides is 1. The van der Waals surface area contributed by atoms with Crippen LogP contribution in [0, 0.1) is 5.92 Å². The quantitative estimate of drug-likeness (QED) is 0.722. The smallest absolute Gasteiger partial charge is 0.227 e. The third-order valence-electron chi connectivity index (χ3n) is 2.48. The van der Waals surface area contributed by atoms with Crippen molar-refractivity contribution in [1.29, 1.82) is 0 Å². The summed E-state index contributed by atoms with van der Waals surface area (Å²) in [6, 6.07) is 0. The molecule has 1 rings (SSSR count). The van der Waals surface area contributed by atoms with Crippen LogP contribution in [0.5, 0.6) is 0 Å². The van der Waals surface area contributed by atoms with E-state index in [-0.39, 0.29) is 18.1 Å². The Morgan fingerprint density at radius 2 is 2.25 bits per heavy atom. The number of carbonyl (C=O) groups excluding carboxylic acids is 2. The van der Waals surface area contributed by atoms with Crippen molar-refractivity contribution < 1.29 is 9.59 Å². The van der Waals surface area contributed by atoms with Gasteiger partial charge < -0.3 is 5.32 Å². The molecule has 0 saturated carbocycles. The van der Waals surface area contributed by atoms with Crippen molar-refractivity contribution in [2.45, 2.75) is 33.1 Å². The van der Waals surface area contributed by atoms with Crippen LogP contribution in [0.4, 0.5) is 0 Å². The van der Waals surface area contributed by atoms with E-state index in [0.29, 0.717) is 12.5 Å². The SMILES string of the molecule is CC(=O)CC(=O)NCCC1=CC(C)CC=C1. The Bertz CT molecular complexity index is 329. The molecule has 0 aliphatic heterocycles. The zero-order valence-corrected chi connectivity index (χ0v) is 9.95. The summed E-state index contributed by atoms with van der Waals surface area (Å²) in [5.74, 6) is 0.316. The van der Waals surface area contributed by atoms with E-state index in [1.165, 1.54) is 12.5 Å². The van der Waals surface area contributed by atoms with Crippen LogP contribution in [0.2, 0.25) is 0 Å². The molecule has 0 aromatic heterocycles. The molecule has 0 radical (unpaired) electrons. The minimum Gasteiger partial charge on any atom is -0.355 e. The summed E-state index contributed by atoms with van der Waals surface area (Å²) in [5.41, 5.74) is 1.27. The molecule has 0 aromatic rings. The number of ketones is 1. The van der Waals surface area contributed by atoms with Gasteiger partial charge in [-0.25, -0.2) is 0 Å².